The highest BCUT2D eigenvalue weighted by Crippen LogP contribution is 2.33. The van der Waals surface area contributed by atoms with E-state index in [-0.39, 0.29) is 11.7 Å². The van der Waals surface area contributed by atoms with E-state index in [1.807, 2.05) is 84.3 Å². The number of hydrogen-bond acceptors (Lipinski definition) is 6. The van der Waals surface area contributed by atoms with Gasteiger partial charge in [-0.25, -0.2) is 0 Å². The predicted molar refractivity (Wildman–Crippen MR) is 130 cm³/mol. The first-order chi connectivity index (χ1) is 16.1. The van der Waals surface area contributed by atoms with E-state index < -0.39 is 0 Å². The Morgan fingerprint density at radius 1 is 0.970 bits per heavy atom. The van der Waals surface area contributed by atoms with Gasteiger partial charge in [0.15, 0.2) is 11.0 Å². The van der Waals surface area contributed by atoms with Gasteiger partial charge in [0, 0.05) is 5.69 Å². The lowest BCUT2D eigenvalue weighted by Crippen LogP contribution is -2.14. The third-order valence-electron chi connectivity index (χ3n) is 4.95. The van der Waals surface area contributed by atoms with Crippen LogP contribution in [0.25, 0.3) is 17.1 Å². The SMILES string of the molecule is COc1ccc(-n2c(SCC(=O)Nc3cccc(C)c3)nnc2-c2ccccc2OC)cc1. The number of para-hydroxylation sites is 1. The van der Waals surface area contributed by atoms with Crippen molar-refractivity contribution in [2.75, 3.05) is 25.3 Å². The van der Waals surface area contributed by atoms with Crippen molar-refractivity contribution in [2.45, 2.75) is 12.1 Å². The van der Waals surface area contributed by atoms with Crippen LogP contribution in [0.5, 0.6) is 11.5 Å². The first-order valence-electron chi connectivity index (χ1n) is 10.3. The number of carbonyl (C=O) groups excluding carboxylic acids is 1. The zero-order valence-electron chi connectivity index (χ0n) is 18.6. The second kappa shape index (κ2) is 10.2. The maximum absolute atomic E-state index is 12.6. The summed E-state index contributed by atoms with van der Waals surface area (Å²) in [5, 5.41) is 12.4. The molecule has 0 saturated heterocycles. The number of carbonyl (C=O) groups is 1. The number of aryl methyl sites for hydroxylation is 1. The summed E-state index contributed by atoms with van der Waals surface area (Å²) in [6, 6.07) is 23.0. The molecule has 3 aromatic carbocycles. The van der Waals surface area contributed by atoms with E-state index in [2.05, 4.69) is 15.5 Å². The minimum absolute atomic E-state index is 0.117. The van der Waals surface area contributed by atoms with Crippen molar-refractivity contribution in [3.8, 4) is 28.6 Å². The second-order valence-electron chi connectivity index (χ2n) is 7.25. The van der Waals surface area contributed by atoms with Crippen molar-refractivity contribution in [3.63, 3.8) is 0 Å². The Kier molecular flexibility index (Phi) is 6.95. The minimum Gasteiger partial charge on any atom is -0.497 e. The Morgan fingerprint density at radius 3 is 2.48 bits per heavy atom. The first-order valence-corrected chi connectivity index (χ1v) is 11.3. The van der Waals surface area contributed by atoms with Crippen LogP contribution in [0.1, 0.15) is 5.56 Å². The fourth-order valence-corrected chi connectivity index (χ4v) is 4.13. The molecule has 8 heteroatoms. The molecular weight excluding hydrogens is 436 g/mol. The normalized spacial score (nSPS) is 10.6. The topological polar surface area (TPSA) is 78.3 Å². The molecule has 0 aliphatic rings. The van der Waals surface area contributed by atoms with Gasteiger partial charge in [0.1, 0.15) is 11.5 Å². The van der Waals surface area contributed by atoms with Crippen LogP contribution >= 0.6 is 11.8 Å². The average Bonchev–Trinajstić information content (AvgIpc) is 3.26. The monoisotopic (exact) mass is 460 g/mol. The van der Waals surface area contributed by atoms with E-state index in [4.69, 9.17) is 9.47 Å². The van der Waals surface area contributed by atoms with Crippen molar-refractivity contribution < 1.29 is 14.3 Å². The Balaban J connectivity index is 1.64. The fourth-order valence-electron chi connectivity index (χ4n) is 3.38. The summed E-state index contributed by atoms with van der Waals surface area (Å²) in [5.74, 6) is 2.13. The number of nitrogens with one attached hydrogen (secondary N) is 1. The predicted octanol–water partition coefficient (Wildman–Crippen LogP) is 4.99. The molecule has 0 radical (unpaired) electrons. The molecule has 0 spiro atoms. The van der Waals surface area contributed by atoms with Crippen LogP contribution in [-0.2, 0) is 4.79 Å². The number of methoxy groups -OCH3 is 2. The largest absolute Gasteiger partial charge is 0.497 e. The number of thioether (sulfide) groups is 1. The van der Waals surface area contributed by atoms with Gasteiger partial charge in [-0.15, -0.1) is 10.2 Å². The number of rotatable bonds is 8. The fraction of sp³-hybridized carbons (Fsp3) is 0.160. The van der Waals surface area contributed by atoms with Crippen LogP contribution in [0, 0.1) is 6.92 Å². The molecule has 1 aromatic heterocycles. The van der Waals surface area contributed by atoms with Crippen LogP contribution in [0.2, 0.25) is 0 Å². The third-order valence-corrected chi connectivity index (χ3v) is 5.87. The van der Waals surface area contributed by atoms with Gasteiger partial charge in [0.2, 0.25) is 5.91 Å². The Bertz CT molecular complexity index is 1250. The van der Waals surface area contributed by atoms with Crippen molar-refractivity contribution >= 4 is 23.4 Å². The van der Waals surface area contributed by atoms with E-state index in [1.54, 1.807) is 14.2 Å². The van der Waals surface area contributed by atoms with E-state index in [0.29, 0.717) is 16.7 Å². The molecular formula is C25H24N4O3S. The lowest BCUT2D eigenvalue weighted by atomic mass is 10.2. The molecule has 1 amide bonds. The van der Waals surface area contributed by atoms with Gasteiger partial charge in [-0.3, -0.25) is 9.36 Å². The number of nitrogens with zero attached hydrogens (tertiary/aromatic N) is 3. The van der Waals surface area contributed by atoms with Crippen LogP contribution in [0.4, 0.5) is 5.69 Å². The zero-order chi connectivity index (χ0) is 23.2. The number of benzene rings is 3. The minimum atomic E-state index is -0.117. The van der Waals surface area contributed by atoms with Crippen molar-refractivity contribution in [3.05, 3.63) is 78.4 Å². The summed E-state index contributed by atoms with van der Waals surface area (Å²) in [4.78, 5) is 12.6. The van der Waals surface area contributed by atoms with Crippen LogP contribution in [0.15, 0.2) is 78.0 Å². The second-order valence-corrected chi connectivity index (χ2v) is 8.19. The van der Waals surface area contributed by atoms with Crippen molar-refractivity contribution in [1.82, 2.24) is 14.8 Å². The number of amides is 1. The average molecular weight is 461 g/mol. The standard InChI is InChI=1S/C25H24N4O3S/c1-17-7-6-8-18(15-17)26-23(30)16-33-25-28-27-24(21-9-4-5-10-22(21)32-3)29(25)19-11-13-20(31-2)14-12-19/h4-15H,16H2,1-3H3,(H,26,30). The summed E-state index contributed by atoms with van der Waals surface area (Å²) in [7, 11) is 3.25. The lowest BCUT2D eigenvalue weighted by molar-refractivity contribution is -0.113. The van der Waals surface area contributed by atoms with Crippen LogP contribution < -0.4 is 14.8 Å². The molecule has 4 rings (SSSR count). The smallest absolute Gasteiger partial charge is 0.234 e. The molecule has 168 valence electrons. The highest BCUT2D eigenvalue weighted by atomic mass is 32.2. The van der Waals surface area contributed by atoms with E-state index in [1.165, 1.54) is 11.8 Å². The van der Waals surface area contributed by atoms with Gasteiger partial charge in [-0.05, 0) is 61.0 Å². The van der Waals surface area contributed by atoms with Crippen molar-refractivity contribution in [2.24, 2.45) is 0 Å². The molecule has 0 unspecified atom stereocenters. The molecule has 0 aliphatic carbocycles. The summed E-state index contributed by atoms with van der Waals surface area (Å²) in [6.07, 6.45) is 0. The maximum atomic E-state index is 12.6. The Hall–Kier alpha value is -3.78. The molecule has 0 aliphatic heterocycles. The molecule has 4 aromatic rings. The van der Waals surface area contributed by atoms with Gasteiger partial charge in [-0.1, -0.05) is 36.0 Å². The first kappa shape index (κ1) is 22.4. The van der Waals surface area contributed by atoms with E-state index >= 15 is 0 Å². The molecule has 0 atom stereocenters. The number of anilines is 1. The van der Waals surface area contributed by atoms with Gasteiger partial charge >= 0.3 is 0 Å². The molecule has 1 N–H and O–H groups in total. The highest BCUT2D eigenvalue weighted by molar-refractivity contribution is 7.99. The molecule has 1 heterocycles. The number of ether oxygens (including phenoxy) is 2. The Morgan fingerprint density at radius 2 is 1.76 bits per heavy atom. The molecule has 7 nitrogen and oxygen atoms in total. The van der Waals surface area contributed by atoms with Gasteiger partial charge in [0.25, 0.3) is 0 Å². The summed E-state index contributed by atoms with van der Waals surface area (Å²) >= 11 is 1.32. The molecule has 33 heavy (non-hydrogen) atoms. The summed E-state index contributed by atoms with van der Waals surface area (Å²) < 4.78 is 12.8. The summed E-state index contributed by atoms with van der Waals surface area (Å²) in [5.41, 5.74) is 3.51. The zero-order valence-corrected chi connectivity index (χ0v) is 19.4. The number of aromatic nitrogens is 3. The van der Waals surface area contributed by atoms with Crippen LogP contribution in [-0.4, -0.2) is 40.6 Å². The quantitative estimate of drug-likeness (QED) is 0.373. The van der Waals surface area contributed by atoms with E-state index in [9.17, 15) is 4.79 Å². The van der Waals surface area contributed by atoms with Gasteiger partial charge < -0.3 is 14.8 Å². The van der Waals surface area contributed by atoms with Crippen molar-refractivity contribution in [1.29, 1.82) is 0 Å². The molecule has 0 bridgehead atoms. The highest BCUT2D eigenvalue weighted by Gasteiger charge is 2.20. The molecule has 0 fully saturated rings. The third kappa shape index (κ3) is 5.18. The maximum Gasteiger partial charge on any atom is 0.234 e. The van der Waals surface area contributed by atoms with E-state index in [0.717, 1.165) is 28.3 Å². The van der Waals surface area contributed by atoms with Gasteiger partial charge in [-0.2, -0.15) is 0 Å². The number of hydrogen-bond donors (Lipinski definition) is 1. The lowest BCUT2D eigenvalue weighted by Gasteiger charge is -2.13. The van der Waals surface area contributed by atoms with Gasteiger partial charge in [0.05, 0.1) is 31.2 Å². The van der Waals surface area contributed by atoms with Crippen LogP contribution in [0.3, 0.4) is 0 Å². The molecule has 0 saturated carbocycles. The Labute approximate surface area is 196 Å². The summed E-state index contributed by atoms with van der Waals surface area (Å²) in [6.45, 7) is 1.99.